The number of imidazole rings is 1. The molecule has 2 N–H and O–H groups in total. The van der Waals surface area contributed by atoms with Crippen LogP contribution in [0, 0.1) is 11.3 Å². The summed E-state index contributed by atoms with van der Waals surface area (Å²) in [6.45, 7) is 0.804. The molecule has 2 aromatic rings. The first-order valence-electron chi connectivity index (χ1n) is 10.7. The second kappa shape index (κ2) is 8.92. The summed E-state index contributed by atoms with van der Waals surface area (Å²) < 4.78 is 75.9. The lowest BCUT2D eigenvalue weighted by Crippen LogP contribution is -2.50. The van der Waals surface area contributed by atoms with Gasteiger partial charge in [0.1, 0.15) is 29.5 Å². The molecule has 4 atom stereocenters. The summed E-state index contributed by atoms with van der Waals surface area (Å²) in [5, 5.41) is 22.2. The fraction of sp³-hybridized carbons (Fsp3) is 0.600. The number of sulfonamides is 1. The highest BCUT2D eigenvalue weighted by Crippen LogP contribution is 2.43. The molecule has 1 saturated carbocycles. The smallest absolute Gasteiger partial charge is 0.262 e. The van der Waals surface area contributed by atoms with Gasteiger partial charge in [0, 0.05) is 32.8 Å². The van der Waals surface area contributed by atoms with Gasteiger partial charge in [0.15, 0.2) is 5.03 Å². The Bertz CT molecular complexity index is 1250. The van der Waals surface area contributed by atoms with E-state index in [-0.39, 0.29) is 35.4 Å². The standard InChI is InChI=1S/C20H24F3N7O4S/c1-19(31)10-20(22,23)5-15(19)34-17-12(6-24)7-25-18(28-17)27-14-3-4-30(8-13(14)21)35(32,33)16-9-29(2)11-26-16/h7,9,11,13-15,31H,3-5,8,10H2,1-2H3,(H,25,27,28)/t13-,14-,15+,19-/m1/s1. The maximum atomic E-state index is 14.9. The molecule has 0 spiro atoms. The molecule has 1 saturated heterocycles. The molecule has 0 bridgehead atoms. The topological polar surface area (TPSA) is 146 Å². The van der Waals surface area contributed by atoms with Crippen LogP contribution in [0.15, 0.2) is 23.7 Å². The Morgan fingerprint density at radius 1 is 1.37 bits per heavy atom. The van der Waals surface area contributed by atoms with Crippen LogP contribution in [0.3, 0.4) is 0 Å². The van der Waals surface area contributed by atoms with Gasteiger partial charge < -0.3 is 19.7 Å². The number of ether oxygens (including phenoxy) is 1. The molecule has 15 heteroatoms. The van der Waals surface area contributed by atoms with Gasteiger partial charge >= 0.3 is 0 Å². The normalized spacial score (nSPS) is 29.0. The highest BCUT2D eigenvalue weighted by atomic mass is 32.2. The molecule has 3 heterocycles. The van der Waals surface area contributed by atoms with Crippen molar-refractivity contribution in [3.63, 3.8) is 0 Å². The molecular weight excluding hydrogens is 491 g/mol. The van der Waals surface area contributed by atoms with E-state index < -0.39 is 59.3 Å². The highest BCUT2D eigenvalue weighted by Gasteiger charge is 2.54. The summed E-state index contributed by atoms with van der Waals surface area (Å²) in [4.78, 5) is 11.8. The van der Waals surface area contributed by atoms with Crippen molar-refractivity contribution < 1.29 is 31.4 Å². The predicted molar refractivity (Wildman–Crippen MR) is 115 cm³/mol. The number of nitrogens with zero attached hydrogens (tertiary/aromatic N) is 6. The average Bonchev–Trinajstić information content (AvgIpc) is 3.29. The Kier molecular flexibility index (Phi) is 6.41. The van der Waals surface area contributed by atoms with Gasteiger partial charge in [0.05, 0.1) is 25.0 Å². The Labute approximate surface area is 199 Å². The number of aromatic nitrogens is 4. The van der Waals surface area contributed by atoms with E-state index in [0.29, 0.717) is 0 Å². The minimum Gasteiger partial charge on any atom is -0.470 e. The number of hydrogen-bond donors (Lipinski definition) is 2. The number of piperidine rings is 1. The van der Waals surface area contributed by atoms with Gasteiger partial charge in [0.25, 0.3) is 15.9 Å². The molecule has 0 amide bonds. The third-order valence-electron chi connectivity index (χ3n) is 6.03. The first-order chi connectivity index (χ1) is 16.3. The zero-order chi connectivity index (χ0) is 25.6. The van der Waals surface area contributed by atoms with Crippen LogP contribution in [0.2, 0.25) is 0 Å². The van der Waals surface area contributed by atoms with Crippen LogP contribution in [-0.4, -0.2) is 80.3 Å². The molecule has 0 unspecified atom stereocenters. The lowest BCUT2D eigenvalue weighted by atomic mass is 10.0. The van der Waals surface area contributed by atoms with Gasteiger partial charge in [-0.25, -0.2) is 31.6 Å². The van der Waals surface area contributed by atoms with E-state index in [1.54, 1.807) is 13.1 Å². The fourth-order valence-corrected chi connectivity index (χ4v) is 5.61. The van der Waals surface area contributed by atoms with Crippen LogP contribution in [0.4, 0.5) is 19.1 Å². The maximum Gasteiger partial charge on any atom is 0.262 e. The van der Waals surface area contributed by atoms with Crippen molar-refractivity contribution in [3.8, 4) is 11.9 Å². The van der Waals surface area contributed by atoms with Crippen molar-refractivity contribution in [1.82, 2.24) is 23.8 Å². The predicted octanol–water partition coefficient (Wildman–Crippen LogP) is 1.22. The molecule has 2 aliphatic rings. The summed E-state index contributed by atoms with van der Waals surface area (Å²) >= 11 is 0. The van der Waals surface area contributed by atoms with Crippen LogP contribution >= 0.6 is 0 Å². The lowest BCUT2D eigenvalue weighted by molar-refractivity contribution is -0.0406. The molecule has 190 valence electrons. The minimum absolute atomic E-state index is 0.0106. The molecule has 2 aromatic heterocycles. The van der Waals surface area contributed by atoms with E-state index >= 15 is 0 Å². The van der Waals surface area contributed by atoms with Crippen molar-refractivity contribution in [1.29, 1.82) is 5.26 Å². The Morgan fingerprint density at radius 2 is 2.11 bits per heavy atom. The van der Waals surface area contributed by atoms with Crippen LogP contribution < -0.4 is 10.1 Å². The second-order valence-corrected chi connectivity index (χ2v) is 10.9. The number of rotatable bonds is 6. The summed E-state index contributed by atoms with van der Waals surface area (Å²) in [5.74, 6) is -3.59. The number of alkyl halides is 3. The average molecular weight is 516 g/mol. The summed E-state index contributed by atoms with van der Waals surface area (Å²) in [6, 6.07) is 0.938. The summed E-state index contributed by atoms with van der Waals surface area (Å²) in [6.07, 6.45) is -0.656. The molecule has 1 aliphatic carbocycles. The van der Waals surface area contributed by atoms with Gasteiger partial charge in [-0.15, -0.1) is 0 Å². The van der Waals surface area contributed by atoms with Crippen molar-refractivity contribution in [2.45, 2.75) is 61.1 Å². The van der Waals surface area contributed by atoms with E-state index in [2.05, 4.69) is 20.3 Å². The van der Waals surface area contributed by atoms with Crippen LogP contribution in [0.5, 0.6) is 5.88 Å². The number of aliphatic hydroxyl groups is 1. The van der Waals surface area contributed by atoms with E-state index in [0.717, 1.165) is 10.5 Å². The molecule has 1 aliphatic heterocycles. The Balaban J connectivity index is 1.46. The van der Waals surface area contributed by atoms with Crippen LogP contribution in [0.25, 0.3) is 0 Å². The van der Waals surface area contributed by atoms with Crippen molar-refractivity contribution in [3.05, 3.63) is 24.3 Å². The third kappa shape index (κ3) is 5.19. The van der Waals surface area contributed by atoms with Gasteiger partial charge in [-0.1, -0.05) is 0 Å². The lowest BCUT2D eigenvalue weighted by Gasteiger charge is -2.33. The monoisotopic (exact) mass is 515 g/mol. The Hall–Kier alpha value is -2.96. The number of nitrogens with one attached hydrogen (secondary N) is 1. The first kappa shape index (κ1) is 25.1. The molecule has 0 aromatic carbocycles. The van der Waals surface area contributed by atoms with Crippen LogP contribution in [0.1, 0.15) is 31.7 Å². The molecule has 11 nitrogen and oxygen atoms in total. The largest absolute Gasteiger partial charge is 0.470 e. The number of anilines is 1. The SMILES string of the molecule is Cn1cnc(S(=O)(=O)N2CC[C@@H](Nc3ncc(C#N)c(O[C@H]4CC(F)(F)C[C@@]4(C)O)n3)[C@H](F)C2)c1. The van der Waals surface area contributed by atoms with Gasteiger partial charge in [-0.05, 0) is 13.3 Å². The van der Waals surface area contributed by atoms with Crippen molar-refractivity contribution in [2.24, 2.45) is 7.05 Å². The Morgan fingerprint density at radius 3 is 2.69 bits per heavy atom. The summed E-state index contributed by atoms with van der Waals surface area (Å²) in [7, 11) is -2.34. The van der Waals surface area contributed by atoms with Gasteiger partial charge in [-0.3, -0.25) is 0 Å². The van der Waals surface area contributed by atoms with Crippen LogP contribution in [-0.2, 0) is 17.1 Å². The molecule has 4 rings (SSSR count). The number of halogens is 3. The third-order valence-corrected chi connectivity index (χ3v) is 7.78. The van der Waals surface area contributed by atoms with Gasteiger partial charge in [0.2, 0.25) is 11.8 Å². The van der Waals surface area contributed by atoms with E-state index in [1.165, 1.54) is 24.0 Å². The van der Waals surface area contributed by atoms with Crippen molar-refractivity contribution >= 4 is 16.0 Å². The molecular formula is C20H24F3N7O4S. The van der Waals surface area contributed by atoms with E-state index in [9.17, 15) is 32.0 Å². The zero-order valence-corrected chi connectivity index (χ0v) is 19.7. The fourth-order valence-electron chi connectivity index (χ4n) is 4.18. The number of hydrogen-bond acceptors (Lipinski definition) is 9. The maximum absolute atomic E-state index is 14.9. The number of nitriles is 1. The second-order valence-electron chi connectivity index (χ2n) is 9.02. The summed E-state index contributed by atoms with van der Waals surface area (Å²) in [5.41, 5.74) is -1.99. The van der Waals surface area contributed by atoms with E-state index in [1.807, 2.05) is 0 Å². The first-order valence-corrected chi connectivity index (χ1v) is 12.2. The quantitative estimate of drug-likeness (QED) is 0.580. The molecule has 0 radical (unpaired) electrons. The van der Waals surface area contributed by atoms with E-state index in [4.69, 9.17) is 4.74 Å². The molecule has 35 heavy (non-hydrogen) atoms. The zero-order valence-electron chi connectivity index (χ0n) is 18.9. The molecule has 2 fully saturated rings. The van der Waals surface area contributed by atoms with Crippen molar-refractivity contribution in [2.75, 3.05) is 18.4 Å². The highest BCUT2D eigenvalue weighted by molar-refractivity contribution is 7.89. The minimum atomic E-state index is -3.96. The van der Waals surface area contributed by atoms with Gasteiger partial charge in [-0.2, -0.15) is 14.6 Å². The number of aryl methyl sites for hydroxylation is 1.